The minimum Gasteiger partial charge on any atom is -0.497 e. The molecule has 144 valence electrons. The van der Waals surface area contributed by atoms with Gasteiger partial charge in [0.15, 0.2) is 5.11 Å². The van der Waals surface area contributed by atoms with Gasteiger partial charge in [0.2, 0.25) is 5.91 Å². The van der Waals surface area contributed by atoms with Crippen LogP contribution in [0, 0.1) is 0 Å². The van der Waals surface area contributed by atoms with E-state index in [-0.39, 0.29) is 11.4 Å². The first-order valence-corrected chi connectivity index (χ1v) is 9.37. The summed E-state index contributed by atoms with van der Waals surface area (Å²) in [4.78, 5) is 16.4. The smallest absolute Gasteiger partial charge is 0.234 e. The molecule has 1 aliphatic rings. The summed E-state index contributed by atoms with van der Waals surface area (Å²) in [6.45, 7) is 10.5. The van der Waals surface area contributed by atoms with Crippen molar-refractivity contribution in [3.05, 3.63) is 29.8 Å². The minimum absolute atomic E-state index is 0.0751. The molecule has 2 N–H and O–H groups in total. The Morgan fingerprint density at radius 3 is 2.31 bits per heavy atom. The number of nitrogens with one attached hydrogen (secondary N) is 2. The number of rotatable bonds is 5. The molecule has 0 aromatic heterocycles. The van der Waals surface area contributed by atoms with Crippen LogP contribution >= 0.6 is 12.2 Å². The van der Waals surface area contributed by atoms with Crippen LogP contribution in [0.25, 0.3) is 0 Å². The highest BCUT2D eigenvalue weighted by atomic mass is 32.1. The van der Waals surface area contributed by atoms with Crippen molar-refractivity contribution in [2.75, 3.05) is 39.8 Å². The highest BCUT2D eigenvalue weighted by molar-refractivity contribution is 7.80. The molecule has 0 atom stereocenters. The number of nitrogens with zero attached hydrogens (tertiary/aromatic N) is 2. The van der Waals surface area contributed by atoms with Gasteiger partial charge in [0.25, 0.3) is 0 Å². The van der Waals surface area contributed by atoms with Gasteiger partial charge < -0.3 is 20.3 Å². The lowest BCUT2D eigenvalue weighted by molar-refractivity contribution is -0.123. The van der Waals surface area contributed by atoms with Crippen molar-refractivity contribution < 1.29 is 9.53 Å². The third-order valence-corrected chi connectivity index (χ3v) is 4.55. The van der Waals surface area contributed by atoms with E-state index in [9.17, 15) is 4.79 Å². The zero-order valence-corrected chi connectivity index (χ0v) is 17.0. The SMILES string of the molecule is COc1ccc(CNC(=S)N2CCN(CC(=O)NC(C)(C)C)CC2)cc1. The molecule has 6 nitrogen and oxygen atoms in total. The summed E-state index contributed by atoms with van der Waals surface area (Å²) in [5.41, 5.74) is 0.969. The molecule has 26 heavy (non-hydrogen) atoms. The first kappa shape index (κ1) is 20.5. The highest BCUT2D eigenvalue weighted by Crippen LogP contribution is 2.11. The second-order valence-electron chi connectivity index (χ2n) is 7.57. The molecular weight excluding hydrogens is 348 g/mol. The third-order valence-electron chi connectivity index (χ3n) is 4.14. The van der Waals surface area contributed by atoms with Crippen molar-refractivity contribution in [1.82, 2.24) is 20.4 Å². The van der Waals surface area contributed by atoms with E-state index in [2.05, 4.69) is 20.4 Å². The Hall–Kier alpha value is -1.86. The topological polar surface area (TPSA) is 56.8 Å². The van der Waals surface area contributed by atoms with Gasteiger partial charge in [0.1, 0.15) is 5.75 Å². The van der Waals surface area contributed by atoms with Crippen LogP contribution in [0.3, 0.4) is 0 Å². The molecule has 0 saturated carbocycles. The minimum atomic E-state index is -0.189. The quantitative estimate of drug-likeness (QED) is 0.759. The predicted molar refractivity (Wildman–Crippen MR) is 108 cm³/mol. The number of hydrogen-bond acceptors (Lipinski definition) is 4. The molecule has 1 saturated heterocycles. The van der Waals surface area contributed by atoms with Crippen LogP contribution in [-0.2, 0) is 11.3 Å². The Morgan fingerprint density at radius 1 is 1.15 bits per heavy atom. The number of amides is 1. The second-order valence-corrected chi connectivity index (χ2v) is 7.95. The molecule has 2 rings (SSSR count). The molecule has 1 aromatic rings. The number of hydrogen-bond donors (Lipinski definition) is 2. The van der Waals surface area contributed by atoms with E-state index in [0.717, 1.165) is 42.6 Å². The van der Waals surface area contributed by atoms with Crippen molar-refractivity contribution in [1.29, 1.82) is 0 Å². The van der Waals surface area contributed by atoms with E-state index in [1.165, 1.54) is 0 Å². The summed E-state index contributed by atoms with van der Waals surface area (Å²) in [6.07, 6.45) is 0. The molecule has 1 aromatic carbocycles. The van der Waals surface area contributed by atoms with Crippen molar-refractivity contribution in [2.45, 2.75) is 32.9 Å². The summed E-state index contributed by atoms with van der Waals surface area (Å²) in [5, 5.41) is 7.08. The maximum Gasteiger partial charge on any atom is 0.234 e. The Balaban J connectivity index is 1.71. The monoisotopic (exact) mass is 378 g/mol. The molecule has 0 unspecified atom stereocenters. The van der Waals surface area contributed by atoms with Gasteiger partial charge in [-0.3, -0.25) is 9.69 Å². The van der Waals surface area contributed by atoms with Gasteiger partial charge in [0.05, 0.1) is 13.7 Å². The van der Waals surface area contributed by atoms with Gasteiger partial charge in [0, 0.05) is 38.3 Å². The first-order valence-electron chi connectivity index (χ1n) is 8.96. The normalized spacial score (nSPS) is 15.5. The van der Waals surface area contributed by atoms with Crippen LogP contribution in [0.5, 0.6) is 5.75 Å². The van der Waals surface area contributed by atoms with Crippen LogP contribution in [0.15, 0.2) is 24.3 Å². The molecule has 1 aliphatic heterocycles. The molecule has 0 radical (unpaired) electrons. The Labute approximate surface area is 161 Å². The number of carbonyl (C=O) groups is 1. The molecular formula is C19H30N4O2S. The Bertz CT molecular complexity index is 605. The third kappa shape index (κ3) is 6.80. The van der Waals surface area contributed by atoms with E-state index in [4.69, 9.17) is 17.0 Å². The van der Waals surface area contributed by atoms with Gasteiger partial charge >= 0.3 is 0 Å². The number of ether oxygens (including phenoxy) is 1. The van der Waals surface area contributed by atoms with E-state index in [0.29, 0.717) is 13.1 Å². The Kier molecular flexibility index (Phi) is 7.23. The van der Waals surface area contributed by atoms with Crippen LogP contribution in [-0.4, -0.2) is 66.2 Å². The van der Waals surface area contributed by atoms with Gasteiger partial charge in [-0.1, -0.05) is 12.1 Å². The van der Waals surface area contributed by atoms with Crippen molar-refractivity contribution in [3.63, 3.8) is 0 Å². The summed E-state index contributed by atoms with van der Waals surface area (Å²) >= 11 is 5.51. The number of methoxy groups -OCH3 is 1. The van der Waals surface area contributed by atoms with E-state index >= 15 is 0 Å². The van der Waals surface area contributed by atoms with Crippen LogP contribution in [0.2, 0.25) is 0 Å². The number of benzene rings is 1. The lowest BCUT2D eigenvalue weighted by atomic mass is 10.1. The van der Waals surface area contributed by atoms with E-state index < -0.39 is 0 Å². The van der Waals surface area contributed by atoms with Crippen LogP contribution in [0.1, 0.15) is 26.3 Å². The van der Waals surface area contributed by atoms with Gasteiger partial charge in [-0.05, 0) is 50.7 Å². The standard InChI is InChI=1S/C19H30N4O2S/c1-19(2,3)21-17(24)14-22-9-11-23(12-10-22)18(26)20-13-15-5-7-16(25-4)8-6-15/h5-8H,9-14H2,1-4H3,(H,20,26)(H,21,24). The predicted octanol–water partition coefficient (Wildman–Crippen LogP) is 1.60. The fourth-order valence-corrected chi connectivity index (χ4v) is 3.06. The second kappa shape index (κ2) is 9.19. The summed E-state index contributed by atoms with van der Waals surface area (Å²) in [5.74, 6) is 0.925. The lowest BCUT2D eigenvalue weighted by Gasteiger charge is -2.36. The average Bonchev–Trinajstić information content (AvgIpc) is 2.59. The summed E-state index contributed by atoms with van der Waals surface area (Å²) in [7, 11) is 1.66. The van der Waals surface area contributed by atoms with Crippen molar-refractivity contribution in [3.8, 4) is 5.75 Å². The van der Waals surface area contributed by atoms with Gasteiger partial charge in [-0.15, -0.1) is 0 Å². The van der Waals surface area contributed by atoms with Crippen LogP contribution < -0.4 is 15.4 Å². The zero-order chi connectivity index (χ0) is 19.2. The molecule has 1 fully saturated rings. The molecule has 7 heteroatoms. The van der Waals surface area contributed by atoms with Crippen molar-refractivity contribution >= 4 is 23.2 Å². The zero-order valence-electron chi connectivity index (χ0n) is 16.2. The molecule has 0 bridgehead atoms. The average molecular weight is 379 g/mol. The van der Waals surface area contributed by atoms with Gasteiger partial charge in [-0.25, -0.2) is 0 Å². The van der Waals surface area contributed by atoms with E-state index in [1.54, 1.807) is 7.11 Å². The number of carbonyl (C=O) groups excluding carboxylic acids is 1. The lowest BCUT2D eigenvalue weighted by Crippen LogP contribution is -2.54. The molecule has 0 aliphatic carbocycles. The Morgan fingerprint density at radius 2 is 1.77 bits per heavy atom. The maximum atomic E-state index is 12.0. The van der Waals surface area contributed by atoms with E-state index in [1.807, 2.05) is 45.0 Å². The number of thiocarbonyl (C=S) groups is 1. The van der Waals surface area contributed by atoms with Gasteiger partial charge in [-0.2, -0.15) is 0 Å². The first-order chi connectivity index (χ1) is 12.3. The molecule has 0 spiro atoms. The highest BCUT2D eigenvalue weighted by Gasteiger charge is 2.22. The fourth-order valence-electron chi connectivity index (χ4n) is 2.80. The number of piperazine rings is 1. The molecule has 1 amide bonds. The van der Waals surface area contributed by atoms with Crippen LogP contribution in [0.4, 0.5) is 0 Å². The summed E-state index contributed by atoms with van der Waals surface area (Å²) < 4.78 is 5.17. The largest absolute Gasteiger partial charge is 0.497 e. The fraction of sp³-hybridized carbons (Fsp3) is 0.579. The van der Waals surface area contributed by atoms with Crippen molar-refractivity contribution in [2.24, 2.45) is 0 Å². The summed E-state index contributed by atoms with van der Waals surface area (Å²) in [6, 6.07) is 7.95. The maximum absolute atomic E-state index is 12.0. The molecule has 1 heterocycles.